The third kappa shape index (κ3) is 2.80. The fourth-order valence-corrected chi connectivity index (χ4v) is 0.826. The van der Waals surface area contributed by atoms with E-state index in [4.69, 9.17) is 0 Å². The lowest BCUT2D eigenvalue weighted by Gasteiger charge is -2.35. The maximum absolute atomic E-state index is 12.7. The molecule has 17 heavy (non-hydrogen) atoms. The van der Waals surface area contributed by atoms with Gasteiger partial charge in [0.15, 0.2) is 0 Å². The van der Waals surface area contributed by atoms with Crippen molar-refractivity contribution in [1.29, 1.82) is 0 Å². The molecule has 0 saturated heterocycles. The zero-order chi connectivity index (χ0) is 14.1. The van der Waals surface area contributed by atoms with Crippen molar-refractivity contribution in [2.24, 2.45) is 0 Å². The molecule has 0 atom stereocenters. The molecule has 0 amide bonds. The fraction of sp³-hybridized carbons (Fsp3) is 1.00. The van der Waals surface area contributed by atoms with E-state index in [0.29, 0.717) is 0 Å². The molecule has 0 heterocycles. The molecule has 0 radical (unpaired) electrons. The second-order valence-corrected chi connectivity index (χ2v) is 3.38. The summed E-state index contributed by atoms with van der Waals surface area (Å²) >= 11 is 0. The molecule has 0 aromatic heterocycles. The van der Waals surface area contributed by atoms with Gasteiger partial charge in [0.25, 0.3) is 0 Å². The van der Waals surface area contributed by atoms with Crippen LogP contribution in [0.3, 0.4) is 0 Å². The smallest absolute Gasteiger partial charge is 0.375 e. The summed E-state index contributed by atoms with van der Waals surface area (Å²) < 4.78 is 104. The van der Waals surface area contributed by atoms with Crippen molar-refractivity contribution in [2.45, 2.75) is 37.5 Å². The molecule has 1 nitrogen and oxygen atoms in total. The van der Waals surface area contributed by atoms with Crippen molar-refractivity contribution < 1.29 is 39.9 Å². The summed E-state index contributed by atoms with van der Waals surface area (Å²) in [6.45, 7) is -1.92. The highest BCUT2D eigenvalue weighted by Crippen LogP contribution is 2.52. The number of rotatable bonds is 6. The summed E-state index contributed by atoms with van der Waals surface area (Å²) in [6, 6.07) is 0. The van der Waals surface area contributed by atoms with E-state index >= 15 is 0 Å². The van der Waals surface area contributed by atoms with Crippen molar-refractivity contribution in [3.63, 3.8) is 0 Å². The molecule has 0 rings (SSSR count). The van der Waals surface area contributed by atoms with Crippen LogP contribution in [0.5, 0.6) is 0 Å². The zero-order valence-corrected chi connectivity index (χ0v) is 8.85. The predicted octanol–water partition coefficient (Wildman–Crippen LogP) is 3.58. The van der Waals surface area contributed by atoms with Crippen LogP contribution in [0.15, 0.2) is 0 Å². The molecule has 0 aliphatic heterocycles. The number of hydrogen-bond donors (Lipinski definition) is 0. The van der Waals surface area contributed by atoms with Gasteiger partial charge in [0, 0.05) is 13.5 Å². The first-order valence-electron chi connectivity index (χ1n) is 4.40. The molecule has 0 aromatic carbocycles. The lowest BCUT2D eigenvalue weighted by Crippen LogP contribution is -2.62. The van der Waals surface area contributed by atoms with Crippen molar-refractivity contribution in [2.75, 3.05) is 13.2 Å². The summed E-state index contributed by atoms with van der Waals surface area (Å²) in [5.41, 5.74) is 0. The molecule has 0 N–H and O–H groups in total. The molecule has 0 aromatic rings. The Hall–Kier alpha value is -0.600. The van der Waals surface area contributed by atoms with Gasteiger partial charge in [-0.25, -0.2) is 0 Å². The van der Waals surface area contributed by atoms with Crippen molar-refractivity contribution in [3.8, 4) is 0 Å². The van der Waals surface area contributed by atoms with Gasteiger partial charge in [0.05, 0.1) is 0 Å². The Kier molecular flexibility index (Phi) is 4.42. The van der Waals surface area contributed by atoms with Gasteiger partial charge in [-0.3, -0.25) is 0 Å². The Bertz CT molecular complexity index is 257. The molecule has 0 bridgehead atoms. The van der Waals surface area contributed by atoms with Gasteiger partial charge in [-0.05, 0) is 6.92 Å². The van der Waals surface area contributed by atoms with Crippen LogP contribution in [0, 0.1) is 0 Å². The first kappa shape index (κ1) is 16.4. The number of alkyl halides is 8. The van der Waals surface area contributed by atoms with E-state index in [2.05, 4.69) is 4.74 Å². The molecule has 0 fully saturated rings. The van der Waals surface area contributed by atoms with Gasteiger partial charge in [0.1, 0.15) is 6.61 Å². The van der Waals surface area contributed by atoms with Gasteiger partial charge >= 0.3 is 23.7 Å². The lowest BCUT2D eigenvalue weighted by molar-refractivity contribution is -0.367. The van der Waals surface area contributed by atoms with E-state index in [1.807, 2.05) is 0 Å². The molecule has 0 saturated carbocycles. The third-order valence-electron chi connectivity index (χ3n) is 1.89. The highest BCUT2D eigenvalue weighted by atomic mass is 19.4. The summed E-state index contributed by atoms with van der Waals surface area (Å²) in [4.78, 5) is 0. The van der Waals surface area contributed by atoms with Gasteiger partial charge in [-0.15, -0.1) is 0 Å². The summed E-state index contributed by atoms with van der Waals surface area (Å²) in [7, 11) is 0. The number of halogens is 8. The standard InChI is InChI=1S/C8H10F8O/c1-3-17-4-6(11,12)8(15,16)7(13,14)5(2,9)10/h3-4H2,1-2H3. The Balaban J connectivity index is 5.24. The second kappa shape index (κ2) is 4.58. The fourth-order valence-electron chi connectivity index (χ4n) is 0.826. The van der Waals surface area contributed by atoms with Crippen molar-refractivity contribution in [3.05, 3.63) is 0 Å². The van der Waals surface area contributed by atoms with Crippen molar-refractivity contribution in [1.82, 2.24) is 0 Å². The van der Waals surface area contributed by atoms with E-state index in [0.717, 1.165) is 6.92 Å². The third-order valence-corrected chi connectivity index (χ3v) is 1.89. The van der Waals surface area contributed by atoms with Crippen LogP contribution in [-0.2, 0) is 4.74 Å². The minimum Gasteiger partial charge on any atom is -0.375 e. The average Bonchev–Trinajstić information content (AvgIpc) is 2.12. The van der Waals surface area contributed by atoms with Crippen LogP contribution in [0.2, 0.25) is 0 Å². The number of ether oxygens (including phenoxy) is 1. The van der Waals surface area contributed by atoms with E-state index in [9.17, 15) is 35.1 Å². The SMILES string of the molecule is CCOCC(F)(F)C(F)(F)C(F)(F)C(C)(F)F. The monoisotopic (exact) mass is 274 g/mol. The first-order valence-corrected chi connectivity index (χ1v) is 4.40. The Morgan fingerprint density at radius 1 is 0.824 bits per heavy atom. The number of hydrogen-bond acceptors (Lipinski definition) is 1. The molecular weight excluding hydrogens is 264 g/mol. The van der Waals surface area contributed by atoms with Crippen LogP contribution in [0.4, 0.5) is 35.1 Å². The summed E-state index contributed by atoms with van der Waals surface area (Å²) in [5.74, 6) is -23.1. The molecule has 0 unspecified atom stereocenters. The molecule has 0 aliphatic carbocycles. The minimum absolute atomic E-state index is 0.445. The van der Waals surface area contributed by atoms with Gasteiger partial charge in [-0.2, -0.15) is 35.1 Å². The average molecular weight is 274 g/mol. The Morgan fingerprint density at radius 2 is 1.24 bits per heavy atom. The second-order valence-electron chi connectivity index (χ2n) is 3.38. The topological polar surface area (TPSA) is 9.23 Å². The van der Waals surface area contributed by atoms with E-state index < -0.39 is 43.8 Å². The quantitative estimate of drug-likeness (QED) is 0.673. The van der Waals surface area contributed by atoms with Gasteiger partial charge in [-0.1, -0.05) is 0 Å². The van der Waals surface area contributed by atoms with Crippen LogP contribution in [0.1, 0.15) is 13.8 Å². The summed E-state index contributed by atoms with van der Waals surface area (Å²) in [5, 5.41) is 0. The molecule has 0 aliphatic rings. The van der Waals surface area contributed by atoms with Crippen LogP contribution in [0.25, 0.3) is 0 Å². The van der Waals surface area contributed by atoms with Gasteiger partial charge in [0.2, 0.25) is 0 Å². The van der Waals surface area contributed by atoms with Crippen molar-refractivity contribution >= 4 is 0 Å². The Labute approximate surface area is 91.7 Å². The minimum atomic E-state index is -6.21. The van der Waals surface area contributed by atoms with E-state index in [1.165, 1.54) is 0 Å². The molecule has 104 valence electrons. The van der Waals surface area contributed by atoms with E-state index in [-0.39, 0.29) is 0 Å². The zero-order valence-electron chi connectivity index (χ0n) is 8.85. The highest BCUT2D eigenvalue weighted by Gasteiger charge is 2.78. The van der Waals surface area contributed by atoms with E-state index in [1.54, 1.807) is 0 Å². The first-order chi connectivity index (χ1) is 7.31. The Morgan fingerprint density at radius 3 is 1.53 bits per heavy atom. The maximum Gasteiger partial charge on any atom is 0.380 e. The molecular formula is C8H10F8O. The molecule has 9 heteroatoms. The lowest BCUT2D eigenvalue weighted by atomic mass is 10.0. The molecule has 0 spiro atoms. The highest BCUT2D eigenvalue weighted by molar-refractivity contribution is 5.02. The summed E-state index contributed by atoms with van der Waals surface area (Å²) in [6.07, 6.45) is 0. The van der Waals surface area contributed by atoms with Crippen LogP contribution in [-0.4, -0.2) is 36.9 Å². The maximum atomic E-state index is 12.7. The van der Waals surface area contributed by atoms with Crippen LogP contribution >= 0.6 is 0 Å². The van der Waals surface area contributed by atoms with Gasteiger partial charge < -0.3 is 4.74 Å². The largest absolute Gasteiger partial charge is 0.380 e. The van der Waals surface area contributed by atoms with Crippen LogP contribution < -0.4 is 0 Å². The normalized spacial score (nSPS) is 15.2. The predicted molar refractivity (Wildman–Crippen MR) is 42.0 cm³/mol.